The molecule has 0 aromatic carbocycles. The fraction of sp³-hybridized carbons (Fsp3) is 0.545. The predicted molar refractivity (Wildman–Crippen MR) is 63.7 cm³/mol. The normalized spacial score (nSPS) is 11.5. The standard InChI is InChI=1S/C11H17NO3S/c1-3-11(6-13,7-14)12-10(15)9-5-16-4-8(9)2/h4-5,13-14H,3,6-7H2,1-2H3,(H,12,15). The van der Waals surface area contributed by atoms with Gasteiger partial charge in [0, 0.05) is 5.38 Å². The largest absolute Gasteiger partial charge is 0.394 e. The molecule has 0 aliphatic carbocycles. The predicted octanol–water partition coefficient (Wildman–Crippen LogP) is 0.920. The van der Waals surface area contributed by atoms with Gasteiger partial charge in [-0.3, -0.25) is 4.79 Å². The van der Waals surface area contributed by atoms with Crippen LogP contribution in [0.5, 0.6) is 0 Å². The van der Waals surface area contributed by atoms with E-state index in [-0.39, 0.29) is 19.1 Å². The highest BCUT2D eigenvalue weighted by molar-refractivity contribution is 7.08. The number of aliphatic hydroxyl groups is 2. The van der Waals surface area contributed by atoms with E-state index in [1.807, 2.05) is 19.2 Å². The van der Waals surface area contributed by atoms with Gasteiger partial charge in [0.1, 0.15) is 0 Å². The van der Waals surface area contributed by atoms with Crippen LogP contribution >= 0.6 is 11.3 Å². The van der Waals surface area contributed by atoms with Gasteiger partial charge in [-0.1, -0.05) is 6.92 Å². The highest BCUT2D eigenvalue weighted by atomic mass is 32.1. The molecule has 1 aromatic rings. The number of hydrogen-bond acceptors (Lipinski definition) is 4. The Morgan fingerprint density at radius 1 is 1.44 bits per heavy atom. The summed E-state index contributed by atoms with van der Waals surface area (Å²) < 4.78 is 0. The van der Waals surface area contributed by atoms with Crippen molar-refractivity contribution in [2.75, 3.05) is 13.2 Å². The Morgan fingerprint density at radius 2 is 2.06 bits per heavy atom. The lowest BCUT2D eigenvalue weighted by molar-refractivity contribution is 0.0653. The Bertz CT molecular complexity index is 350. The van der Waals surface area contributed by atoms with Gasteiger partial charge in [0.2, 0.25) is 0 Å². The van der Waals surface area contributed by atoms with Crippen LogP contribution in [-0.2, 0) is 0 Å². The summed E-state index contributed by atoms with van der Waals surface area (Å²) in [6, 6.07) is 0. The zero-order chi connectivity index (χ0) is 12.2. The van der Waals surface area contributed by atoms with Gasteiger partial charge in [0.05, 0.1) is 24.3 Å². The number of nitrogens with one attached hydrogen (secondary N) is 1. The van der Waals surface area contributed by atoms with Crippen LogP contribution in [0, 0.1) is 6.92 Å². The molecule has 0 aliphatic heterocycles. The molecule has 16 heavy (non-hydrogen) atoms. The van der Waals surface area contributed by atoms with Crippen molar-refractivity contribution in [2.24, 2.45) is 0 Å². The van der Waals surface area contributed by atoms with Crippen LogP contribution < -0.4 is 5.32 Å². The smallest absolute Gasteiger partial charge is 0.252 e. The van der Waals surface area contributed by atoms with Crippen LogP contribution in [0.4, 0.5) is 0 Å². The third-order valence-corrected chi connectivity index (χ3v) is 3.62. The summed E-state index contributed by atoms with van der Waals surface area (Å²) in [6.45, 7) is 3.13. The van der Waals surface area contributed by atoms with Crippen LogP contribution in [0.2, 0.25) is 0 Å². The summed E-state index contributed by atoms with van der Waals surface area (Å²) in [7, 11) is 0. The summed E-state index contributed by atoms with van der Waals surface area (Å²) in [4.78, 5) is 11.9. The molecule has 5 heteroatoms. The number of hydrogen-bond donors (Lipinski definition) is 3. The summed E-state index contributed by atoms with van der Waals surface area (Å²) in [6.07, 6.45) is 0.481. The summed E-state index contributed by atoms with van der Waals surface area (Å²) in [5.41, 5.74) is 0.582. The Morgan fingerprint density at radius 3 is 2.44 bits per heavy atom. The van der Waals surface area contributed by atoms with Crippen molar-refractivity contribution < 1.29 is 15.0 Å². The van der Waals surface area contributed by atoms with Crippen LogP contribution in [0.25, 0.3) is 0 Å². The zero-order valence-electron chi connectivity index (χ0n) is 9.49. The first-order valence-electron chi connectivity index (χ1n) is 5.15. The second-order valence-corrected chi connectivity index (χ2v) is 4.62. The third kappa shape index (κ3) is 2.61. The summed E-state index contributed by atoms with van der Waals surface area (Å²) in [5.74, 6) is -0.247. The monoisotopic (exact) mass is 243 g/mol. The second kappa shape index (κ2) is 5.43. The first kappa shape index (κ1) is 13.2. The van der Waals surface area contributed by atoms with E-state index in [1.54, 1.807) is 5.38 Å². The van der Waals surface area contributed by atoms with E-state index in [9.17, 15) is 15.0 Å². The van der Waals surface area contributed by atoms with Crippen molar-refractivity contribution in [3.05, 3.63) is 21.9 Å². The van der Waals surface area contributed by atoms with Crippen LogP contribution in [0.3, 0.4) is 0 Å². The summed E-state index contributed by atoms with van der Waals surface area (Å²) >= 11 is 1.46. The number of carbonyl (C=O) groups excluding carboxylic acids is 1. The van der Waals surface area contributed by atoms with Gasteiger partial charge in [0.15, 0.2) is 0 Å². The van der Waals surface area contributed by atoms with E-state index in [4.69, 9.17) is 0 Å². The molecule has 90 valence electrons. The van der Waals surface area contributed by atoms with Crippen molar-refractivity contribution in [2.45, 2.75) is 25.8 Å². The third-order valence-electron chi connectivity index (χ3n) is 2.76. The van der Waals surface area contributed by atoms with E-state index >= 15 is 0 Å². The fourth-order valence-corrected chi connectivity index (χ4v) is 2.17. The number of aryl methyl sites for hydroxylation is 1. The Kier molecular flexibility index (Phi) is 4.46. The van der Waals surface area contributed by atoms with Crippen LogP contribution in [0.15, 0.2) is 10.8 Å². The summed E-state index contributed by atoms with van der Waals surface area (Å²) in [5, 5.41) is 24.8. The molecule has 0 saturated heterocycles. The van der Waals surface area contributed by atoms with E-state index in [2.05, 4.69) is 5.32 Å². The van der Waals surface area contributed by atoms with Gasteiger partial charge in [-0.05, 0) is 24.3 Å². The van der Waals surface area contributed by atoms with Crippen molar-refractivity contribution in [1.82, 2.24) is 5.32 Å². The number of aliphatic hydroxyl groups excluding tert-OH is 2. The average molecular weight is 243 g/mol. The molecule has 0 spiro atoms. The van der Waals surface area contributed by atoms with Crippen molar-refractivity contribution in [3.8, 4) is 0 Å². The Balaban J connectivity index is 2.81. The number of carbonyl (C=O) groups is 1. The van der Waals surface area contributed by atoms with Crippen molar-refractivity contribution >= 4 is 17.2 Å². The van der Waals surface area contributed by atoms with Gasteiger partial charge in [0.25, 0.3) is 5.91 Å². The molecule has 0 atom stereocenters. The minimum atomic E-state index is -0.925. The molecule has 0 aliphatic rings. The van der Waals surface area contributed by atoms with E-state index in [1.165, 1.54) is 11.3 Å². The topological polar surface area (TPSA) is 69.6 Å². The first-order valence-corrected chi connectivity index (χ1v) is 6.10. The maximum absolute atomic E-state index is 11.9. The lowest BCUT2D eigenvalue weighted by Crippen LogP contribution is -2.53. The minimum absolute atomic E-state index is 0.247. The minimum Gasteiger partial charge on any atom is -0.394 e. The number of amides is 1. The van der Waals surface area contributed by atoms with E-state index < -0.39 is 5.54 Å². The molecule has 3 N–H and O–H groups in total. The van der Waals surface area contributed by atoms with Crippen LogP contribution in [0.1, 0.15) is 29.3 Å². The second-order valence-electron chi connectivity index (χ2n) is 3.87. The van der Waals surface area contributed by atoms with Gasteiger partial charge in [-0.2, -0.15) is 11.3 Å². The molecule has 0 radical (unpaired) electrons. The highest BCUT2D eigenvalue weighted by Gasteiger charge is 2.29. The van der Waals surface area contributed by atoms with Crippen molar-refractivity contribution in [1.29, 1.82) is 0 Å². The molecule has 0 saturated carbocycles. The maximum atomic E-state index is 11.9. The SMILES string of the molecule is CCC(CO)(CO)NC(=O)c1cscc1C. The molecule has 1 heterocycles. The molecular weight excluding hydrogens is 226 g/mol. The van der Waals surface area contributed by atoms with E-state index in [0.29, 0.717) is 12.0 Å². The van der Waals surface area contributed by atoms with Gasteiger partial charge in [-0.25, -0.2) is 0 Å². The molecule has 0 fully saturated rings. The van der Waals surface area contributed by atoms with E-state index in [0.717, 1.165) is 5.56 Å². The lowest BCUT2D eigenvalue weighted by Gasteiger charge is -2.29. The fourth-order valence-electron chi connectivity index (χ4n) is 1.34. The molecule has 4 nitrogen and oxygen atoms in total. The van der Waals surface area contributed by atoms with Crippen LogP contribution in [-0.4, -0.2) is 34.9 Å². The number of rotatable bonds is 5. The van der Waals surface area contributed by atoms with Gasteiger partial charge >= 0.3 is 0 Å². The molecular formula is C11H17NO3S. The Hall–Kier alpha value is -0.910. The van der Waals surface area contributed by atoms with Crippen molar-refractivity contribution in [3.63, 3.8) is 0 Å². The molecule has 1 amide bonds. The zero-order valence-corrected chi connectivity index (χ0v) is 10.3. The highest BCUT2D eigenvalue weighted by Crippen LogP contribution is 2.16. The molecule has 0 bridgehead atoms. The van der Waals surface area contributed by atoms with Gasteiger partial charge in [-0.15, -0.1) is 0 Å². The lowest BCUT2D eigenvalue weighted by atomic mass is 9.98. The number of thiophene rings is 1. The maximum Gasteiger partial charge on any atom is 0.252 e. The first-order chi connectivity index (χ1) is 7.58. The molecule has 1 aromatic heterocycles. The average Bonchev–Trinajstić information content (AvgIpc) is 2.72. The molecule has 0 unspecified atom stereocenters. The molecule has 1 rings (SSSR count). The quantitative estimate of drug-likeness (QED) is 0.720. The Labute approximate surface area is 98.9 Å². The van der Waals surface area contributed by atoms with Gasteiger partial charge < -0.3 is 15.5 Å².